The summed E-state index contributed by atoms with van der Waals surface area (Å²) < 4.78 is 17.4. The number of thioether (sulfide) groups is 1. The standard InChI is InChI=1S/C34H31N3O8S2/c1-5-45-33(41)19-10-13-21(14-11-19)37-30(39)27-26(20-12-15-23(43-3)24(16-20)44-4)29-32(46-28(27)31(37)40)36(34(42)47-29)17-25(38)35-22-9-7-6-8-18(22)2/h6-16,26-28H,5,17H2,1-4H3,(H,35,38). The average Bonchev–Trinajstić information content (AvgIpc) is 3.51. The van der Waals surface area contributed by atoms with Crippen molar-refractivity contribution in [2.24, 2.45) is 5.92 Å². The first kappa shape index (κ1) is 32.1. The molecule has 3 atom stereocenters. The molecule has 4 aromatic rings. The first-order chi connectivity index (χ1) is 22.7. The second-order valence-corrected chi connectivity index (χ2v) is 13.0. The molecule has 2 aliphatic heterocycles. The number of carbonyl (C=O) groups is 4. The first-order valence-electron chi connectivity index (χ1n) is 14.8. The number of hydrogen-bond donors (Lipinski definition) is 1. The van der Waals surface area contributed by atoms with Gasteiger partial charge in [0.1, 0.15) is 11.8 Å². The molecule has 242 valence electrons. The van der Waals surface area contributed by atoms with E-state index in [1.54, 1.807) is 31.2 Å². The van der Waals surface area contributed by atoms with Gasteiger partial charge in [-0.3, -0.25) is 23.7 Å². The van der Waals surface area contributed by atoms with Crippen LogP contribution in [0.5, 0.6) is 11.5 Å². The molecule has 0 spiro atoms. The normalized spacial score (nSPS) is 18.4. The van der Waals surface area contributed by atoms with Crippen LogP contribution in [0.25, 0.3) is 0 Å². The number of para-hydroxylation sites is 1. The van der Waals surface area contributed by atoms with Gasteiger partial charge in [0.05, 0.1) is 43.0 Å². The van der Waals surface area contributed by atoms with Gasteiger partial charge in [-0.25, -0.2) is 9.69 Å². The number of rotatable bonds is 9. The maximum Gasteiger partial charge on any atom is 0.338 e. The van der Waals surface area contributed by atoms with E-state index in [2.05, 4.69) is 5.32 Å². The maximum atomic E-state index is 14.2. The van der Waals surface area contributed by atoms with Crippen LogP contribution in [-0.4, -0.2) is 54.3 Å². The van der Waals surface area contributed by atoms with Crippen LogP contribution in [0.4, 0.5) is 11.4 Å². The number of aryl methyl sites for hydroxylation is 1. The number of hydrogen-bond acceptors (Lipinski definition) is 10. The topological polar surface area (TPSA) is 133 Å². The van der Waals surface area contributed by atoms with Crippen LogP contribution < -0.4 is 24.6 Å². The van der Waals surface area contributed by atoms with Crippen LogP contribution in [0.2, 0.25) is 0 Å². The highest BCUT2D eigenvalue weighted by Crippen LogP contribution is 2.54. The fraction of sp³-hybridized carbons (Fsp3) is 0.265. The van der Waals surface area contributed by atoms with Gasteiger partial charge in [-0.05, 0) is 67.4 Å². The number of methoxy groups -OCH3 is 2. The van der Waals surface area contributed by atoms with Crippen LogP contribution in [0.3, 0.4) is 0 Å². The zero-order valence-electron chi connectivity index (χ0n) is 26.0. The summed E-state index contributed by atoms with van der Waals surface area (Å²) in [6.45, 7) is 3.52. The molecule has 3 unspecified atom stereocenters. The molecule has 3 heterocycles. The van der Waals surface area contributed by atoms with Gasteiger partial charge >= 0.3 is 10.8 Å². The molecular weight excluding hydrogens is 643 g/mol. The molecule has 1 fully saturated rings. The molecule has 0 saturated carbocycles. The molecule has 1 saturated heterocycles. The highest BCUT2D eigenvalue weighted by atomic mass is 32.2. The quantitative estimate of drug-likeness (QED) is 0.196. The first-order valence-corrected chi connectivity index (χ1v) is 16.5. The molecule has 3 amide bonds. The second kappa shape index (κ2) is 13.1. The van der Waals surface area contributed by atoms with Crippen molar-refractivity contribution >= 4 is 58.2 Å². The van der Waals surface area contributed by atoms with Crippen LogP contribution in [-0.2, 0) is 25.7 Å². The highest BCUT2D eigenvalue weighted by molar-refractivity contribution is 8.00. The van der Waals surface area contributed by atoms with Crippen molar-refractivity contribution in [3.8, 4) is 11.5 Å². The van der Waals surface area contributed by atoms with Gasteiger partial charge in [0.15, 0.2) is 11.5 Å². The minimum atomic E-state index is -0.891. The van der Waals surface area contributed by atoms with Crippen LogP contribution in [0.1, 0.15) is 39.2 Å². The number of nitrogens with zero attached hydrogens (tertiary/aromatic N) is 2. The molecule has 6 rings (SSSR count). The summed E-state index contributed by atoms with van der Waals surface area (Å²) >= 11 is 2.07. The van der Waals surface area contributed by atoms with Crippen molar-refractivity contribution in [1.29, 1.82) is 0 Å². The van der Waals surface area contributed by atoms with Gasteiger partial charge in [0.2, 0.25) is 17.7 Å². The van der Waals surface area contributed by atoms with E-state index in [4.69, 9.17) is 14.2 Å². The Morgan fingerprint density at radius 2 is 1.64 bits per heavy atom. The summed E-state index contributed by atoms with van der Waals surface area (Å²) in [5.74, 6) is -2.46. The molecule has 0 aliphatic carbocycles. The van der Waals surface area contributed by atoms with E-state index in [0.29, 0.717) is 43.9 Å². The SMILES string of the molecule is CCOC(=O)c1ccc(N2C(=O)C3Sc4c(sc(=O)n4CC(=O)Nc4ccccc4C)C(c4ccc(OC)c(OC)c4)C3C2=O)cc1. The summed E-state index contributed by atoms with van der Waals surface area (Å²) in [5.41, 5.74) is 2.76. The molecule has 1 N–H and O–H groups in total. The van der Waals surface area contributed by atoms with Crippen molar-refractivity contribution in [1.82, 2.24) is 4.57 Å². The van der Waals surface area contributed by atoms with Crippen LogP contribution in [0, 0.1) is 12.8 Å². The van der Waals surface area contributed by atoms with Gasteiger partial charge in [-0.1, -0.05) is 47.4 Å². The zero-order chi connectivity index (χ0) is 33.4. The Morgan fingerprint density at radius 1 is 0.915 bits per heavy atom. The maximum absolute atomic E-state index is 14.2. The molecule has 47 heavy (non-hydrogen) atoms. The third kappa shape index (κ3) is 5.80. The van der Waals surface area contributed by atoms with Gasteiger partial charge in [-0.15, -0.1) is 0 Å². The predicted molar refractivity (Wildman–Crippen MR) is 178 cm³/mol. The third-order valence-electron chi connectivity index (χ3n) is 8.17. The number of imide groups is 1. The van der Waals surface area contributed by atoms with E-state index in [-0.39, 0.29) is 18.0 Å². The Labute approximate surface area is 278 Å². The summed E-state index contributed by atoms with van der Waals surface area (Å²) in [6.07, 6.45) is 0. The smallest absolute Gasteiger partial charge is 0.338 e. The average molecular weight is 674 g/mol. The van der Waals surface area contributed by atoms with E-state index in [1.165, 1.54) is 43.1 Å². The Hall–Kier alpha value is -4.88. The monoisotopic (exact) mass is 673 g/mol. The van der Waals surface area contributed by atoms with E-state index in [9.17, 15) is 24.0 Å². The lowest BCUT2D eigenvalue weighted by atomic mass is 9.83. The Morgan fingerprint density at radius 3 is 2.32 bits per heavy atom. The Kier molecular flexibility index (Phi) is 8.93. The van der Waals surface area contributed by atoms with Crippen LogP contribution in [0.15, 0.2) is 76.6 Å². The fourth-order valence-electron chi connectivity index (χ4n) is 5.92. The van der Waals surface area contributed by atoms with Crippen LogP contribution >= 0.6 is 23.1 Å². The van der Waals surface area contributed by atoms with Gasteiger partial charge in [0, 0.05) is 16.5 Å². The van der Waals surface area contributed by atoms with Crippen molar-refractivity contribution in [2.45, 2.75) is 36.6 Å². The number of benzene rings is 3. The second-order valence-electron chi connectivity index (χ2n) is 10.9. The van der Waals surface area contributed by atoms with Gasteiger partial charge < -0.3 is 19.5 Å². The molecule has 2 aliphatic rings. The summed E-state index contributed by atoms with van der Waals surface area (Å²) in [5, 5.41) is 2.44. The third-order valence-corrected chi connectivity index (χ3v) is 10.8. The number of ether oxygens (including phenoxy) is 3. The predicted octanol–water partition coefficient (Wildman–Crippen LogP) is 4.85. The number of thiazole rings is 1. The molecule has 13 heteroatoms. The molecular formula is C34H31N3O8S2. The van der Waals surface area contributed by atoms with Crippen molar-refractivity contribution < 1.29 is 33.4 Å². The number of carbonyl (C=O) groups excluding carboxylic acids is 4. The molecule has 0 radical (unpaired) electrons. The fourth-order valence-corrected chi connectivity index (χ4v) is 8.70. The van der Waals surface area contributed by atoms with E-state index >= 15 is 0 Å². The minimum absolute atomic E-state index is 0.213. The van der Waals surface area contributed by atoms with E-state index < -0.39 is 40.8 Å². The van der Waals surface area contributed by atoms with Gasteiger partial charge in [0.25, 0.3) is 0 Å². The van der Waals surface area contributed by atoms with Crippen molar-refractivity contribution in [3.63, 3.8) is 0 Å². The lowest BCUT2D eigenvalue weighted by Crippen LogP contribution is -2.33. The summed E-state index contributed by atoms with van der Waals surface area (Å²) in [6, 6.07) is 18.7. The molecule has 11 nitrogen and oxygen atoms in total. The largest absolute Gasteiger partial charge is 0.493 e. The number of nitrogens with one attached hydrogen (secondary N) is 1. The molecule has 1 aromatic heterocycles. The van der Waals surface area contributed by atoms with E-state index in [1.807, 2.05) is 25.1 Å². The van der Waals surface area contributed by atoms with E-state index in [0.717, 1.165) is 33.6 Å². The lowest BCUT2D eigenvalue weighted by molar-refractivity contribution is -0.122. The number of fused-ring (bicyclic) bond motifs is 2. The summed E-state index contributed by atoms with van der Waals surface area (Å²) in [7, 11) is 3.02. The number of anilines is 2. The Bertz CT molecular complexity index is 1950. The Balaban J connectivity index is 1.41. The number of amides is 3. The molecule has 3 aromatic carbocycles. The lowest BCUT2D eigenvalue weighted by Gasteiger charge is -2.31. The van der Waals surface area contributed by atoms with Gasteiger partial charge in [-0.2, -0.15) is 0 Å². The number of esters is 1. The number of aromatic nitrogens is 1. The van der Waals surface area contributed by atoms with Crippen molar-refractivity contribution in [2.75, 3.05) is 31.0 Å². The minimum Gasteiger partial charge on any atom is -0.493 e. The molecule has 0 bridgehead atoms. The highest BCUT2D eigenvalue weighted by Gasteiger charge is 2.57. The van der Waals surface area contributed by atoms with Crippen molar-refractivity contribution in [3.05, 3.63) is 98.0 Å². The zero-order valence-corrected chi connectivity index (χ0v) is 27.6. The summed E-state index contributed by atoms with van der Waals surface area (Å²) in [4.78, 5) is 68.6.